The summed E-state index contributed by atoms with van der Waals surface area (Å²) in [4.78, 5) is 4.19. The number of hydrogen-bond donors (Lipinski definition) is 0. The first-order chi connectivity index (χ1) is 4.75. The van der Waals surface area contributed by atoms with Gasteiger partial charge in [-0.3, -0.25) is 0 Å². The third-order valence-electron chi connectivity index (χ3n) is 1.62. The van der Waals surface area contributed by atoms with E-state index in [2.05, 4.69) is 30.9 Å². The minimum absolute atomic E-state index is 0.292. The van der Waals surface area contributed by atoms with E-state index in [0.717, 1.165) is 6.42 Å². The maximum atomic E-state index is 4.19. The van der Waals surface area contributed by atoms with Gasteiger partial charge in [-0.1, -0.05) is 11.6 Å². The molecule has 0 aromatic heterocycles. The van der Waals surface area contributed by atoms with Crippen LogP contribution in [-0.2, 0) is 0 Å². The van der Waals surface area contributed by atoms with E-state index in [-0.39, 0.29) is 0 Å². The van der Waals surface area contributed by atoms with Crippen LogP contribution >= 0.6 is 0 Å². The minimum atomic E-state index is 0.292. The molecule has 0 N–H and O–H groups in total. The maximum absolute atomic E-state index is 4.19. The number of azo groups is 2. The molecule has 0 aromatic carbocycles. The molecule has 56 valence electrons. The molecule has 1 aliphatic rings. The molecule has 1 unspecified atom stereocenters. The first kappa shape index (κ1) is 7.38. The van der Waals surface area contributed by atoms with Gasteiger partial charge in [0.2, 0.25) is 0 Å². The fraction of sp³-hybridized carbons (Fsp3) is 0.857. The molecule has 0 aromatic rings. The summed E-state index contributed by atoms with van der Waals surface area (Å²) >= 11 is 0. The third kappa shape index (κ3) is 1.23. The zero-order valence-electron chi connectivity index (χ0n) is 6.78. The Bertz CT molecular complexity index is 170. The molecule has 3 heteroatoms. The molecule has 0 saturated carbocycles. The Morgan fingerprint density at radius 2 is 2.30 bits per heavy atom. The van der Waals surface area contributed by atoms with Crippen molar-refractivity contribution in [3.63, 3.8) is 0 Å². The fourth-order valence-electron chi connectivity index (χ4n) is 1.08. The van der Waals surface area contributed by atoms with Gasteiger partial charge >= 0.3 is 0 Å². The van der Waals surface area contributed by atoms with Crippen LogP contribution < -0.4 is 0 Å². The Hall–Kier alpha value is -0.730. The SMILES string of the molecule is CCC1N=CN=[N+]1C(C)C. The van der Waals surface area contributed by atoms with Crippen LogP contribution in [0.1, 0.15) is 27.2 Å². The summed E-state index contributed by atoms with van der Waals surface area (Å²) in [7, 11) is 0. The molecule has 0 radical (unpaired) electrons. The van der Waals surface area contributed by atoms with Gasteiger partial charge in [-0.05, 0) is 13.8 Å². The lowest BCUT2D eigenvalue weighted by atomic mass is 10.3. The standard InChI is InChI=1S/C7H14N3/c1-4-7-8-5-9-10(7)6(2)3/h5-7H,4H2,1-3H3/q+1. The van der Waals surface area contributed by atoms with Crippen molar-refractivity contribution >= 4 is 6.34 Å². The van der Waals surface area contributed by atoms with Crippen molar-refractivity contribution in [2.45, 2.75) is 39.4 Å². The summed E-state index contributed by atoms with van der Waals surface area (Å²) in [5, 5.41) is 4.13. The van der Waals surface area contributed by atoms with E-state index in [9.17, 15) is 0 Å². The van der Waals surface area contributed by atoms with Crippen LogP contribution in [0.4, 0.5) is 0 Å². The first-order valence-corrected chi connectivity index (χ1v) is 3.76. The topological polar surface area (TPSA) is 27.7 Å². The molecule has 0 fully saturated rings. The fourth-order valence-corrected chi connectivity index (χ4v) is 1.08. The second-order valence-electron chi connectivity index (χ2n) is 2.74. The highest BCUT2D eigenvalue weighted by Gasteiger charge is 2.25. The van der Waals surface area contributed by atoms with E-state index in [1.54, 1.807) is 6.34 Å². The Labute approximate surface area is 61.5 Å². The van der Waals surface area contributed by atoms with Gasteiger partial charge in [-0.15, -0.1) is 0 Å². The molecular weight excluding hydrogens is 126 g/mol. The molecule has 0 aliphatic carbocycles. The quantitative estimate of drug-likeness (QED) is 0.521. The largest absolute Gasteiger partial charge is 0.272 e. The molecule has 1 heterocycles. The zero-order chi connectivity index (χ0) is 7.56. The first-order valence-electron chi connectivity index (χ1n) is 3.76. The third-order valence-corrected chi connectivity index (χ3v) is 1.62. The second-order valence-corrected chi connectivity index (χ2v) is 2.74. The lowest BCUT2D eigenvalue weighted by molar-refractivity contribution is -0.642. The molecule has 1 aliphatic heterocycles. The lowest BCUT2D eigenvalue weighted by Crippen LogP contribution is -2.25. The van der Waals surface area contributed by atoms with Gasteiger partial charge in [0.25, 0.3) is 6.17 Å². The molecule has 10 heavy (non-hydrogen) atoms. The van der Waals surface area contributed by atoms with Crippen LogP contribution in [-0.4, -0.2) is 23.2 Å². The molecule has 0 bridgehead atoms. The summed E-state index contributed by atoms with van der Waals surface area (Å²) in [6, 6.07) is 0.465. The van der Waals surface area contributed by atoms with Crippen molar-refractivity contribution in [1.29, 1.82) is 0 Å². The van der Waals surface area contributed by atoms with Crippen molar-refractivity contribution in [2.24, 2.45) is 10.1 Å². The minimum Gasteiger partial charge on any atom is -0.197 e. The van der Waals surface area contributed by atoms with E-state index >= 15 is 0 Å². The molecule has 3 nitrogen and oxygen atoms in total. The highest BCUT2D eigenvalue weighted by Crippen LogP contribution is 2.08. The van der Waals surface area contributed by atoms with Gasteiger partial charge in [0.1, 0.15) is 0 Å². The van der Waals surface area contributed by atoms with E-state index in [0.29, 0.717) is 12.2 Å². The molecule has 0 amide bonds. The highest BCUT2D eigenvalue weighted by atomic mass is 15.4. The second kappa shape index (κ2) is 2.90. The van der Waals surface area contributed by atoms with Crippen LogP contribution in [0.3, 0.4) is 0 Å². The number of hydrogen-bond acceptors (Lipinski definition) is 2. The summed E-state index contributed by atoms with van der Waals surface area (Å²) < 4.78 is 2.03. The normalized spacial score (nSPS) is 24.0. The monoisotopic (exact) mass is 140 g/mol. The Kier molecular flexibility index (Phi) is 2.14. The molecule has 1 atom stereocenters. The van der Waals surface area contributed by atoms with Gasteiger partial charge in [0.15, 0.2) is 12.4 Å². The van der Waals surface area contributed by atoms with Crippen LogP contribution in [0.25, 0.3) is 0 Å². The number of aliphatic imine (C=N–C) groups is 1. The van der Waals surface area contributed by atoms with Gasteiger partial charge in [0.05, 0.1) is 0 Å². The number of nitrogens with zero attached hydrogens (tertiary/aromatic N) is 3. The predicted molar refractivity (Wildman–Crippen MR) is 40.4 cm³/mol. The van der Waals surface area contributed by atoms with Gasteiger partial charge in [-0.25, -0.2) is 0 Å². The van der Waals surface area contributed by atoms with Gasteiger partial charge < -0.3 is 0 Å². The molecule has 0 saturated heterocycles. The highest BCUT2D eigenvalue weighted by molar-refractivity contribution is 5.54. The van der Waals surface area contributed by atoms with Gasteiger partial charge in [0, 0.05) is 11.5 Å². The van der Waals surface area contributed by atoms with Crippen molar-refractivity contribution in [2.75, 3.05) is 0 Å². The Morgan fingerprint density at radius 3 is 2.70 bits per heavy atom. The van der Waals surface area contributed by atoms with Crippen LogP contribution in [0.5, 0.6) is 0 Å². The Balaban J connectivity index is 2.62. The summed E-state index contributed by atoms with van der Waals surface area (Å²) in [5.41, 5.74) is 0. The smallest absolute Gasteiger partial charge is 0.197 e. The van der Waals surface area contributed by atoms with E-state index in [1.165, 1.54) is 0 Å². The molecule has 0 spiro atoms. The Morgan fingerprint density at radius 1 is 1.60 bits per heavy atom. The average Bonchev–Trinajstić information content (AvgIpc) is 2.33. The van der Waals surface area contributed by atoms with Crippen molar-refractivity contribution in [3.8, 4) is 0 Å². The van der Waals surface area contributed by atoms with Crippen molar-refractivity contribution in [3.05, 3.63) is 0 Å². The average molecular weight is 140 g/mol. The van der Waals surface area contributed by atoms with E-state index in [1.807, 2.05) is 4.70 Å². The van der Waals surface area contributed by atoms with E-state index in [4.69, 9.17) is 0 Å². The zero-order valence-corrected chi connectivity index (χ0v) is 6.78. The van der Waals surface area contributed by atoms with Crippen LogP contribution in [0.2, 0.25) is 0 Å². The summed E-state index contributed by atoms with van der Waals surface area (Å²) in [6.07, 6.45) is 2.98. The van der Waals surface area contributed by atoms with Crippen molar-refractivity contribution in [1.82, 2.24) is 0 Å². The maximum Gasteiger partial charge on any atom is 0.272 e. The van der Waals surface area contributed by atoms with Gasteiger partial charge in [-0.2, -0.15) is 4.99 Å². The van der Waals surface area contributed by atoms with Crippen molar-refractivity contribution < 1.29 is 4.70 Å². The van der Waals surface area contributed by atoms with Crippen LogP contribution in [0, 0.1) is 0 Å². The predicted octanol–water partition coefficient (Wildman–Crippen LogP) is 1.64. The number of rotatable bonds is 2. The van der Waals surface area contributed by atoms with Crippen LogP contribution in [0.15, 0.2) is 10.1 Å². The molecular formula is C7H14N3+. The van der Waals surface area contributed by atoms with E-state index < -0.39 is 0 Å². The summed E-state index contributed by atoms with van der Waals surface area (Å²) in [6.45, 7) is 6.37. The molecule has 1 rings (SSSR count). The lowest BCUT2D eigenvalue weighted by Gasteiger charge is -2.04. The summed E-state index contributed by atoms with van der Waals surface area (Å²) in [5.74, 6) is 0.